The van der Waals surface area contributed by atoms with Gasteiger partial charge in [-0.15, -0.1) is 0 Å². The lowest BCUT2D eigenvalue weighted by molar-refractivity contribution is 0.482. The van der Waals surface area contributed by atoms with Gasteiger partial charge < -0.3 is 4.98 Å². The van der Waals surface area contributed by atoms with Gasteiger partial charge in [-0.3, -0.25) is 0 Å². The maximum absolute atomic E-state index is 12.1. The zero-order valence-corrected chi connectivity index (χ0v) is 11.4. The van der Waals surface area contributed by atoms with Crippen molar-refractivity contribution in [1.29, 1.82) is 0 Å². The van der Waals surface area contributed by atoms with Crippen LogP contribution in [-0.4, -0.2) is 45.7 Å². The van der Waals surface area contributed by atoms with Crippen LogP contribution in [0.3, 0.4) is 0 Å². The van der Waals surface area contributed by atoms with Crippen LogP contribution in [0.2, 0.25) is 5.15 Å². The molecule has 0 bridgehead atoms. The van der Waals surface area contributed by atoms with Crippen molar-refractivity contribution in [2.24, 2.45) is 0 Å². The minimum atomic E-state index is -3.62. The minimum Gasteiger partial charge on any atom is -0.341 e. The minimum absolute atomic E-state index is 0.0727. The van der Waals surface area contributed by atoms with Gasteiger partial charge in [-0.25, -0.2) is 9.71 Å². The van der Waals surface area contributed by atoms with Crippen molar-refractivity contribution in [2.45, 2.75) is 12.8 Å². The quantitative estimate of drug-likeness (QED) is 0.815. The van der Waals surface area contributed by atoms with Gasteiger partial charge in [0.2, 0.25) is 5.95 Å². The van der Waals surface area contributed by atoms with Crippen LogP contribution in [-0.2, 0) is 10.2 Å². The molecule has 102 valence electrons. The molecule has 10 heteroatoms. The van der Waals surface area contributed by atoms with E-state index < -0.39 is 10.2 Å². The highest BCUT2D eigenvalue weighted by Gasteiger charge is 2.26. The third-order valence-corrected chi connectivity index (χ3v) is 4.63. The van der Waals surface area contributed by atoms with Crippen LogP contribution in [0, 0.1) is 0 Å². The summed E-state index contributed by atoms with van der Waals surface area (Å²) in [6.45, 7) is 1.02. The molecule has 0 saturated carbocycles. The van der Waals surface area contributed by atoms with Crippen molar-refractivity contribution in [3.8, 4) is 0 Å². The average Bonchev–Trinajstić information content (AvgIpc) is 2.99. The number of hydrogen-bond acceptors (Lipinski definition) is 5. The van der Waals surface area contributed by atoms with E-state index in [2.05, 4.69) is 24.7 Å². The third-order valence-electron chi connectivity index (χ3n) is 2.87. The molecule has 1 aliphatic rings. The van der Waals surface area contributed by atoms with Crippen LogP contribution in [0.4, 0.5) is 5.95 Å². The normalized spacial score (nSPS) is 17.1. The zero-order valence-electron chi connectivity index (χ0n) is 9.80. The smallest absolute Gasteiger partial charge is 0.303 e. The second kappa shape index (κ2) is 4.58. The van der Waals surface area contributed by atoms with Crippen molar-refractivity contribution in [3.05, 3.63) is 11.5 Å². The number of aromatic nitrogens is 4. The van der Waals surface area contributed by atoms with E-state index in [9.17, 15) is 8.42 Å². The number of H-pyrrole nitrogens is 1. The lowest BCUT2D eigenvalue weighted by Crippen LogP contribution is -2.33. The van der Waals surface area contributed by atoms with Gasteiger partial charge in [-0.05, 0) is 12.8 Å². The van der Waals surface area contributed by atoms with Crippen molar-refractivity contribution in [2.75, 3.05) is 17.8 Å². The van der Waals surface area contributed by atoms with Gasteiger partial charge in [0.1, 0.15) is 5.52 Å². The monoisotopic (exact) mass is 302 g/mol. The van der Waals surface area contributed by atoms with Crippen LogP contribution in [0.15, 0.2) is 6.33 Å². The van der Waals surface area contributed by atoms with E-state index in [1.165, 1.54) is 10.6 Å². The SMILES string of the molecule is O=S(=O)(Nc1nc(Cl)c2[nH]cnc2n1)N1CCCC1. The molecule has 8 nitrogen and oxygen atoms in total. The van der Waals surface area contributed by atoms with Gasteiger partial charge in [0, 0.05) is 13.1 Å². The molecule has 2 aromatic heterocycles. The van der Waals surface area contributed by atoms with Crippen LogP contribution in [0.5, 0.6) is 0 Å². The number of halogens is 1. The van der Waals surface area contributed by atoms with Crippen LogP contribution < -0.4 is 4.72 Å². The Morgan fingerprint density at radius 2 is 2.05 bits per heavy atom. The Labute approximate surface area is 114 Å². The molecular weight excluding hydrogens is 292 g/mol. The second-order valence-corrected chi connectivity index (χ2v) is 6.18. The summed E-state index contributed by atoms with van der Waals surface area (Å²) in [7, 11) is -3.62. The lowest BCUT2D eigenvalue weighted by atomic mass is 10.4. The molecule has 1 aliphatic heterocycles. The molecule has 1 saturated heterocycles. The summed E-state index contributed by atoms with van der Waals surface area (Å²) in [5.74, 6) is -0.0727. The van der Waals surface area contributed by atoms with Crippen molar-refractivity contribution in [1.82, 2.24) is 24.2 Å². The Hall–Kier alpha value is -1.45. The number of imidazole rings is 1. The van der Waals surface area contributed by atoms with Crippen molar-refractivity contribution in [3.63, 3.8) is 0 Å². The Balaban J connectivity index is 1.92. The molecule has 2 aromatic rings. The molecule has 0 aliphatic carbocycles. The van der Waals surface area contributed by atoms with E-state index >= 15 is 0 Å². The number of rotatable bonds is 3. The van der Waals surface area contributed by atoms with E-state index in [0.29, 0.717) is 24.3 Å². The highest BCUT2D eigenvalue weighted by molar-refractivity contribution is 7.90. The standard InChI is InChI=1S/C9H11ClN6O2S/c10-7-6-8(12-5-11-6)14-9(13-7)15-19(17,18)16-3-1-2-4-16/h5H,1-4H2,(H2,11,12,13,14,15). The Kier molecular flexibility index (Phi) is 3.03. The van der Waals surface area contributed by atoms with Gasteiger partial charge in [-0.1, -0.05) is 11.6 Å². The summed E-state index contributed by atoms with van der Waals surface area (Å²) in [5.41, 5.74) is 0.796. The summed E-state index contributed by atoms with van der Waals surface area (Å²) in [4.78, 5) is 14.6. The molecule has 3 rings (SSSR count). The third kappa shape index (κ3) is 2.36. The van der Waals surface area contributed by atoms with Gasteiger partial charge in [0.05, 0.1) is 6.33 Å². The van der Waals surface area contributed by atoms with E-state index in [0.717, 1.165) is 12.8 Å². The van der Waals surface area contributed by atoms with Crippen molar-refractivity contribution >= 4 is 38.9 Å². The van der Waals surface area contributed by atoms with Gasteiger partial charge in [-0.2, -0.15) is 22.7 Å². The summed E-state index contributed by atoms with van der Waals surface area (Å²) in [6.07, 6.45) is 3.14. The molecule has 0 radical (unpaired) electrons. The molecular formula is C9H11ClN6O2S. The Bertz CT molecular complexity index is 709. The van der Waals surface area contributed by atoms with E-state index in [4.69, 9.17) is 11.6 Å². The number of nitrogens with one attached hydrogen (secondary N) is 2. The van der Waals surface area contributed by atoms with E-state index in [1.807, 2.05) is 0 Å². The number of anilines is 1. The maximum atomic E-state index is 12.1. The predicted molar refractivity (Wildman–Crippen MR) is 70.0 cm³/mol. The number of aromatic amines is 1. The summed E-state index contributed by atoms with van der Waals surface area (Å²) in [5, 5.41) is 0.127. The molecule has 2 N–H and O–H groups in total. The molecule has 0 aromatic carbocycles. The summed E-state index contributed by atoms with van der Waals surface area (Å²) >= 11 is 5.92. The Morgan fingerprint density at radius 1 is 1.32 bits per heavy atom. The molecule has 0 spiro atoms. The van der Waals surface area contributed by atoms with Crippen LogP contribution in [0.25, 0.3) is 11.2 Å². The Morgan fingerprint density at radius 3 is 2.79 bits per heavy atom. The first-order valence-electron chi connectivity index (χ1n) is 5.71. The highest BCUT2D eigenvalue weighted by Crippen LogP contribution is 2.20. The zero-order chi connectivity index (χ0) is 13.5. The maximum Gasteiger partial charge on any atom is 0.303 e. The molecule has 19 heavy (non-hydrogen) atoms. The fraction of sp³-hybridized carbons (Fsp3) is 0.444. The fourth-order valence-electron chi connectivity index (χ4n) is 1.95. The summed E-state index contributed by atoms with van der Waals surface area (Å²) in [6, 6.07) is 0. The molecule has 0 atom stereocenters. The highest BCUT2D eigenvalue weighted by atomic mass is 35.5. The van der Waals surface area contributed by atoms with E-state index in [1.54, 1.807) is 0 Å². The number of hydrogen-bond donors (Lipinski definition) is 2. The van der Waals surface area contributed by atoms with Gasteiger partial charge in [0.15, 0.2) is 10.8 Å². The molecule has 3 heterocycles. The lowest BCUT2D eigenvalue weighted by Gasteiger charge is -2.15. The van der Waals surface area contributed by atoms with Gasteiger partial charge in [0.25, 0.3) is 0 Å². The second-order valence-electron chi connectivity index (χ2n) is 4.15. The first-order valence-corrected chi connectivity index (χ1v) is 7.52. The first-order chi connectivity index (χ1) is 9.06. The largest absolute Gasteiger partial charge is 0.341 e. The number of nitrogens with zero attached hydrogens (tertiary/aromatic N) is 4. The van der Waals surface area contributed by atoms with E-state index in [-0.39, 0.29) is 11.1 Å². The predicted octanol–water partition coefficient (Wildman–Crippen LogP) is 0.759. The molecule has 1 fully saturated rings. The fourth-order valence-corrected chi connectivity index (χ4v) is 3.36. The average molecular weight is 303 g/mol. The van der Waals surface area contributed by atoms with Gasteiger partial charge >= 0.3 is 10.2 Å². The molecule has 0 amide bonds. The van der Waals surface area contributed by atoms with Crippen LogP contribution in [0.1, 0.15) is 12.8 Å². The van der Waals surface area contributed by atoms with Crippen molar-refractivity contribution < 1.29 is 8.42 Å². The summed E-state index contributed by atoms with van der Waals surface area (Å²) < 4.78 is 27.8. The first kappa shape index (κ1) is 12.6. The van der Waals surface area contributed by atoms with Crippen LogP contribution >= 0.6 is 11.6 Å². The number of fused-ring (bicyclic) bond motifs is 1. The molecule has 0 unspecified atom stereocenters. The topological polar surface area (TPSA) is 104 Å².